The van der Waals surface area contributed by atoms with Crippen LogP contribution in [0.5, 0.6) is 0 Å². The summed E-state index contributed by atoms with van der Waals surface area (Å²) in [7, 11) is 0. The quantitative estimate of drug-likeness (QED) is 0.764. The van der Waals surface area contributed by atoms with E-state index in [4.69, 9.17) is 5.11 Å². The van der Waals surface area contributed by atoms with Crippen molar-refractivity contribution in [3.63, 3.8) is 0 Å². The zero-order chi connectivity index (χ0) is 14.1. The van der Waals surface area contributed by atoms with Crippen LogP contribution in [0.1, 0.15) is 18.4 Å². The lowest BCUT2D eigenvalue weighted by molar-refractivity contribution is -0.138. The molecular formula is C15H13N3O2. The predicted molar refractivity (Wildman–Crippen MR) is 75.4 cm³/mol. The summed E-state index contributed by atoms with van der Waals surface area (Å²) in [6.45, 7) is 1.67. The van der Waals surface area contributed by atoms with Crippen molar-refractivity contribution < 1.29 is 9.90 Å². The van der Waals surface area contributed by atoms with E-state index >= 15 is 0 Å². The molecule has 0 spiro atoms. The number of fused-ring (bicyclic) bond motifs is 1. The topological polar surface area (TPSA) is 78.9 Å². The average Bonchev–Trinajstić information content (AvgIpc) is 2.90. The molecule has 100 valence electrons. The molecule has 2 N–H and O–H groups in total. The van der Waals surface area contributed by atoms with Crippen molar-refractivity contribution in [1.29, 1.82) is 0 Å². The fourth-order valence-corrected chi connectivity index (χ4v) is 2.06. The van der Waals surface area contributed by atoms with E-state index in [1.165, 1.54) is 0 Å². The molecule has 0 saturated heterocycles. The molecule has 5 heteroatoms. The molecule has 0 fully saturated rings. The largest absolute Gasteiger partial charge is 0.481 e. The van der Waals surface area contributed by atoms with Gasteiger partial charge in [-0.25, -0.2) is 4.98 Å². The second-order valence-electron chi connectivity index (χ2n) is 4.64. The molecule has 5 nitrogen and oxygen atoms in total. The number of pyridine rings is 1. The van der Waals surface area contributed by atoms with Crippen LogP contribution < -0.4 is 0 Å². The third kappa shape index (κ3) is 2.14. The Morgan fingerprint density at radius 1 is 1.30 bits per heavy atom. The summed E-state index contributed by atoms with van der Waals surface area (Å²) in [4.78, 5) is 22.9. The second kappa shape index (κ2) is 4.77. The van der Waals surface area contributed by atoms with Crippen LogP contribution in [0.15, 0.2) is 42.6 Å². The number of aromatic amines is 1. The van der Waals surface area contributed by atoms with Crippen molar-refractivity contribution in [2.75, 3.05) is 0 Å². The highest BCUT2D eigenvalue weighted by Gasteiger charge is 2.15. The fourth-order valence-electron chi connectivity index (χ4n) is 2.06. The third-order valence-corrected chi connectivity index (χ3v) is 3.28. The van der Waals surface area contributed by atoms with Crippen LogP contribution in [0.25, 0.3) is 22.6 Å². The highest BCUT2D eigenvalue weighted by Crippen LogP contribution is 2.23. The van der Waals surface area contributed by atoms with E-state index in [-0.39, 0.29) is 0 Å². The molecule has 0 aliphatic carbocycles. The number of carbonyl (C=O) groups is 1. The molecule has 0 aliphatic rings. The van der Waals surface area contributed by atoms with Gasteiger partial charge < -0.3 is 10.1 Å². The summed E-state index contributed by atoms with van der Waals surface area (Å²) >= 11 is 0. The van der Waals surface area contributed by atoms with Gasteiger partial charge in [0.25, 0.3) is 0 Å². The molecule has 0 radical (unpaired) electrons. The maximum absolute atomic E-state index is 11.0. The molecule has 0 amide bonds. The zero-order valence-corrected chi connectivity index (χ0v) is 10.9. The number of imidazole rings is 1. The van der Waals surface area contributed by atoms with Crippen molar-refractivity contribution >= 4 is 17.0 Å². The number of nitrogens with one attached hydrogen (secondary N) is 1. The Kier molecular flexibility index (Phi) is 2.95. The first-order valence-corrected chi connectivity index (χ1v) is 6.29. The number of rotatable bonds is 3. The van der Waals surface area contributed by atoms with E-state index in [9.17, 15) is 4.79 Å². The minimum Gasteiger partial charge on any atom is -0.481 e. The number of benzene rings is 1. The first-order valence-electron chi connectivity index (χ1n) is 6.29. The zero-order valence-electron chi connectivity index (χ0n) is 10.9. The van der Waals surface area contributed by atoms with Gasteiger partial charge in [-0.05, 0) is 36.8 Å². The number of H-pyrrole nitrogens is 1. The van der Waals surface area contributed by atoms with Crippen LogP contribution in [-0.2, 0) is 4.79 Å². The van der Waals surface area contributed by atoms with Gasteiger partial charge in [0.2, 0.25) is 0 Å². The van der Waals surface area contributed by atoms with Crippen molar-refractivity contribution in [1.82, 2.24) is 15.0 Å². The Hall–Kier alpha value is -2.69. The number of carboxylic acids is 1. The van der Waals surface area contributed by atoms with Gasteiger partial charge in [0.15, 0.2) is 5.82 Å². The maximum Gasteiger partial charge on any atom is 0.310 e. The van der Waals surface area contributed by atoms with Crippen LogP contribution in [0.4, 0.5) is 0 Å². The maximum atomic E-state index is 11.0. The van der Waals surface area contributed by atoms with E-state index in [2.05, 4.69) is 15.0 Å². The summed E-state index contributed by atoms with van der Waals surface area (Å²) in [6, 6.07) is 11.1. The summed E-state index contributed by atoms with van der Waals surface area (Å²) < 4.78 is 0. The Balaban J connectivity index is 2.06. The number of carboxylic acid groups (broad SMARTS) is 1. The molecule has 1 aromatic carbocycles. The predicted octanol–water partition coefficient (Wildman–Crippen LogP) is 2.81. The normalized spacial score (nSPS) is 12.4. The molecule has 2 aromatic heterocycles. The number of aliphatic carboxylic acids is 1. The van der Waals surface area contributed by atoms with Gasteiger partial charge >= 0.3 is 5.97 Å². The minimum atomic E-state index is -0.839. The Morgan fingerprint density at radius 3 is 2.85 bits per heavy atom. The molecule has 20 heavy (non-hydrogen) atoms. The highest BCUT2D eigenvalue weighted by molar-refractivity contribution is 5.82. The summed E-state index contributed by atoms with van der Waals surface area (Å²) in [5.74, 6) is -0.699. The average molecular weight is 267 g/mol. The molecule has 0 bridgehead atoms. The van der Waals surface area contributed by atoms with E-state index in [0.717, 1.165) is 22.3 Å². The molecule has 3 rings (SSSR count). The standard InChI is InChI=1S/C15H13N3O2/c1-9(15(19)20)10-5-6-11-13(8-10)18-14(17-11)12-4-2-3-7-16-12/h2-9H,1H3,(H,17,18)(H,19,20). The Bertz CT molecular complexity index is 765. The van der Waals surface area contributed by atoms with Gasteiger partial charge in [0, 0.05) is 6.20 Å². The SMILES string of the molecule is CC(C(=O)O)c1ccc2nc(-c3ccccn3)[nH]c2c1. The lowest BCUT2D eigenvalue weighted by Gasteiger charge is -2.05. The summed E-state index contributed by atoms with van der Waals surface area (Å²) in [6.07, 6.45) is 1.71. The summed E-state index contributed by atoms with van der Waals surface area (Å²) in [5.41, 5.74) is 3.13. The van der Waals surface area contributed by atoms with Gasteiger partial charge in [-0.1, -0.05) is 12.1 Å². The van der Waals surface area contributed by atoms with E-state index in [0.29, 0.717) is 5.82 Å². The van der Waals surface area contributed by atoms with E-state index in [1.54, 1.807) is 19.2 Å². The smallest absolute Gasteiger partial charge is 0.310 e. The van der Waals surface area contributed by atoms with Crippen LogP contribution in [0, 0.1) is 0 Å². The van der Waals surface area contributed by atoms with Gasteiger partial charge in [-0.2, -0.15) is 0 Å². The van der Waals surface area contributed by atoms with Crippen LogP contribution in [0.2, 0.25) is 0 Å². The first-order chi connectivity index (χ1) is 9.65. The van der Waals surface area contributed by atoms with Crippen LogP contribution >= 0.6 is 0 Å². The molecule has 1 unspecified atom stereocenters. The van der Waals surface area contributed by atoms with Gasteiger partial charge in [0.05, 0.1) is 17.0 Å². The lowest BCUT2D eigenvalue weighted by Crippen LogP contribution is -2.06. The van der Waals surface area contributed by atoms with Crippen molar-refractivity contribution in [3.05, 3.63) is 48.2 Å². The van der Waals surface area contributed by atoms with Gasteiger partial charge in [-0.15, -0.1) is 0 Å². The minimum absolute atomic E-state index is 0.541. The highest BCUT2D eigenvalue weighted by atomic mass is 16.4. The molecule has 2 heterocycles. The Labute approximate surface area is 115 Å². The summed E-state index contributed by atoms with van der Waals surface area (Å²) in [5, 5.41) is 9.05. The molecule has 3 aromatic rings. The fraction of sp³-hybridized carbons (Fsp3) is 0.133. The molecular weight excluding hydrogens is 254 g/mol. The first kappa shape index (κ1) is 12.3. The van der Waals surface area contributed by atoms with E-state index < -0.39 is 11.9 Å². The number of hydrogen-bond donors (Lipinski definition) is 2. The van der Waals surface area contributed by atoms with E-state index in [1.807, 2.05) is 30.3 Å². The third-order valence-electron chi connectivity index (χ3n) is 3.28. The number of nitrogens with zero attached hydrogens (tertiary/aromatic N) is 2. The van der Waals surface area contributed by atoms with Crippen molar-refractivity contribution in [2.24, 2.45) is 0 Å². The lowest BCUT2D eigenvalue weighted by atomic mass is 10.0. The molecule has 1 atom stereocenters. The van der Waals surface area contributed by atoms with Crippen molar-refractivity contribution in [3.8, 4) is 11.5 Å². The molecule has 0 saturated carbocycles. The van der Waals surface area contributed by atoms with Gasteiger partial charge in [0.1, 0.15) is 5.69 Å². The molecule has 0 aliphatic heterocycles. The number of aromatic nitrogens is 3. The van der Waals surface area contributed by atoms with Crippen molar-refractivity contribution in [2.45, 2.75) is 12.8 Å². The van der Waals surface area contributed by atoms with Crippen LogP contribution in [-0.4, -0.2) is 26.0 Å². The number of hydrogen-bond acceptors (Lipinski definition) is 3. The van der Waals surface area contributed by atoms with Crippen LogP contribution in [0.3, 0.4) is 0 Å². The van der Waals surface area contributed by atoms with Gasteiger partial charge in [-0.3, -0.25) is 9.78 Å². The second-order valence-corrected chi connectivity index (χ2v) is 4.64. The Morgan fingerprint density at radius 2 is 2.15 bits per heavy atom. The monoisotopic (exact) mass is 267 g/mol.